The Hall–Kier alpha value is -4.60. The lowest BCUT2D eigenvalue weighted by Gasteiger charge is -2.18. The number of nitriles is 1. The van der Waals surface area contributed by atoms with Crippen LogP contribution in [0.4, 0.5) is 23.2 Å². The second-order valence-corrected chi connectivity index (χ2v) is 8.31. The van der Waals surface area contributed by atoms with E-state index in [0.29, 0.717) is 18.2 Å². The van der Waals surface area contributed by atoms with Gasteiger partial charge in [-0.1, -0.05) is 0 Å². The standard InChI is InChI=1S/C24H19F4N7O2/c1-13(33-19-12-32-34-22(36)20(19)24(26,27)28)3-2-5-35-6-4-15-7-17(18(25)8-16(15)23(35)37)21-30-10-14(9-29)11-31-21/h4,6-8,10-13H,2-3,5H2,1H3,(H2,33,34,36)/t13-/m0/s1. The number of pyridine rings is 1. The van der Waals surface area contributed by atoms with E-state index in [4.69, 9.17) is 5.26 Å². The van der Waals surface area contributed by atoms with Crippen molar-refractivity contribution in [3.8, 4) is 17.5 Å². The molecular formula is C24H19F4N7O2. The van der Waals surface area contributed by atoms with Crippen molar-refractivity contribution in [1.82, 2.24) is 24.7 Å². The molecule has 0 saturated carbocycles. The first-order chi connectivity index (χ1) is 17.6. The van der Waals surface area contributed by atoms with Crippen LogP contribution in [-0.2, 0) is 12.7 Å². The number of hydrogen-bond donors (Lipinski definition) is 2. The van der Waals surface area contributed by atoms with Gasteiger partial charge in [0.2, 0.25) is 0 Å². The van der Waals surface area contributed by atoms with Crippen LogP contribution in [0.15, 0.2) is 52.6 Å². The van der Waals surface area contributed by atoms with Gasteiger partial charge in [-0.2, -0.15) is 23.5 Å². The Morgan fingerprint density at radius 1 is 1.19 bits per heavy atom. The smallest absolute Gasteiger partial charge is 0.381 e. The SMILES string of the molecule is C[C@@H](CCCn1ccc2cc(-c3ncc(C#N)cn3)c(F)cc2c1=O)Nc1cn[nH]c(=O)c1C(F)(F)F. The van der Waals surface area contributed by atoms with E-state index in [2.05, 4.69) is 20.4 Å². The molecule has 3 aromatic heterocycles. The average Bonchev–Trinajstić information content (AvgIpc) is 2.85. The number of hydrogen-bond acceptors (Lipinski definition) is 7. The van der Waals surface area contributed by atoms with E-state index in [0.717, 1.165) is 12.3 Å². The van der Waals surface area contributed by atoms with Crippen molar-refractivity contribution in [1.29, 1.82) is 5.26 Å². The van der Waals surface area contributed by atoms with Gasteiger partial charge in [0.1, 0.15) is 17.4 Å². The van der Waals surface area contributed by atoms with Gasteiger partial charge in [0, 0.05) is 31.2 Å². The minimum absolute atomic E-state index is 0.0772. The number of nitrogens with zero attached hydrogens (tertiary/aromatic N) is 5. The molecule has 0 saturated heterocycles. The Labute approximate surface area is 206 Å². The Morgan fingerprint density at radius 2 is 1.92 bits per heavy atom. The van der Waals surface area contributed by atoms with E-state index >= 15 is 0 Å². The molecule has 37 heavy (non-hydrogen) atoms. The number of benzene rings is 1. The van der Waals surface area contributed by atoms with E-state index < -0.39 is 40.4 Å². The normalized spacial score (nSPS) is 12.3. The number of nitrogens with one attached hydrogen (secondary N) is 2. The summed E-state index contributed by atoms with van der Waals surface area (Å²) in [5, 5.41) is 17.3. The minimum atomic E-state index is -4.85. The molecule has 0 spiro atoms. The summed E-state index contributed by atoms with van der Waals surface area (Å²) in [5.74, 6) is -0.620. The third kappa shape index (κ3) is 5.48. The summed E-state index contributed by atoms with van der Waals surface area (Å²) in [6.45, 7) is 1.88. The molecule has 13 heteroatoms. The van der Waals surface area contributed by atoms with Gasteiger partial charge < -0.3 is 9.88 Å². The highest BCUT2D eigenvalue weighted by Gasteiger charge is 2.37. The number of anilines is 1. The third-order valence-corrected chi connectivity index (χ3v) is 5.66. The fourth-order valence-corrected chi connectivity index (χ4v) is 3.87. The fraction of sp³-hybridized carbons (Fsp3) is 0.250. The molecule has 1 atom stereocenters. The van der Waals surface area contributed by atoms with Crippen molar-refractivity contribution in [3.63, 3.8) is 0 Å². The number of halogens is 4. The Kier molecular flexibility index (Phi) is 7.01. The van der Waals surface area contributed by atoms with Crippen LogP contribution in [0.1, 0.15) is 30.9 Å². The Balaban J connectivity index is 1.47. The van der Waals surface area contributed by atoms with Gasteiger partial charge in [-0.05, 0) is 43.4 Å². The largest absolute Gasteiger partial charge is 0.423 e. The molecule has 1 aromatic carbocycles. The van der Waals surface area contributed by atoms with Gasteiger partial charge in [-0.15, -0.1) is 0 Å². The first kappa shape index (κ1) is 25.5. The average molecular weight is 513 g/mol. The van der Waals surface area contributed by atoms with E-state index in [9.17, 15) is 27.2 Å². The molecule has 190 valence electrons. The molecule has 0 unspecified atom stereocenters. The maximum Gasteiger partial charge on any atom is 0.423 e. The van der Waals surface area contributed by atoms with Crippen molar-refractivity contribution in [2.24, 2.45) is 0 Å². The highest BCUT2D eigenvalue weighted by Crippen LogP contribution is 2.32. The minimum Gasteiger partial charge on any atom is -0.381 e. The third-order valence-electron chi connectivity index (χ3n) is 5.66. The first-order valence-electron chi connectivity index (χ1n) is 11.0. The van der Waals surface area contributed by atoms with Crippen LogP contribution in [0.5, 0.6) is 0 Å². The van der Waals surface area contributed by atoms with Gasteiger partial charge >= 0.3 is 6.18 Å². The summed E-state index contributed by atoms with van der Waals surface area (Å²) in [7, 11) is 0. The molecule has 9 nitrogen and oxygen atoms in total. The molecule has 0 bridgehead atoms. The zero-order chi connectivity index (χ0) is 26.7. The van der Waals surface area contributed by atoms with Crippen LogP contribution < -0.4 is 16.4 Å². The summed E-state index contributed by atoms with van der Waals surface area (Å²) < 4.78 is 55.8. The number of fused-ring (bicyclic) bond motifs is 1. The van der Waals surface area contributed by atoms with Gasteiger partial charge in [0.25, 0.3) is 11.1 Å². The zero-order valence-electron chi connectivity index (χ0n) is 19.3. The summed E-state index contributed by atoms with van der Waals surface area (Å²) in [4.78, 5) is 32.5. The Bertz CT molecular complexity index is 1610. The maximum atomic E-state index is 14.8. The van der Waals surface area contributed by atoms with Gasteiger partial charge in [-0.25, -0.2) is 19.5 Å². The van der Waals surface area contributed by atoms with Crippen molar-refractivity contribution < 1.29 is 17.6 Å². The molecule has 4 rings (SSSR count). The highest BCUT2D eigenvalue weighted by molar-refractivity contribution is 5.86. The lowest BCUT2D eigenvalue weighted by Crippen LogP contribution is -2.27. The highest BCUT2D eigenvalue weighted by atomic mass is 19.4. The summed E-state index contributed by atoms with van der Waals surface area (Å²) >= 11 is 0. The summed E-state index contributed by atoms with van der Waals surface area (Å²) in [6.07, 6.45) is 0.937. The predicted octanol–water partition coefficient (Wildman–Crippen LogP) is 3.85. The quantitative estimate of drug-likeness (QED) is 0.359. The molecule has 0 amide bonds. The predicted molar refractivity (Wildman–Crippen MR) is 126 cm³/mol. The number of aromatic nitrogens is 5. The van der Waals surface area contributed by atoms with Crippen LogP contribution in [0.3, 0.4) is 0 Å². The molecule has 2 N–H and O–H groups in total. The van der Waals surface area contributed by atoms with Crippen molar-refractivity contribution in [2.75, 3.05) is 5.32 Å². The number of aromatic amines is 1. The van der Waals surface area contributed by atoms with E-state index in [1.807, 2.05) is 6.07 Å². The lowest BCUT2D eigenvalue weighted by atomic mass is 10.1. The molecule has 0 aliphatic rings. The molecule has 0 fully saturated rings. The van der Waals surface area contributed by atoms with Gasteiger partial charge in [0.15, 0.2) is 5.82 Å². The fourth-order valence-electron chi connectivity index (χ4n) is 3.87. The number of alkyl halides is 3. The molecule has 3 heterocycles. The maximum absolute atomic E-state index is 14.8. The van der Waals surface area contributed by atoms with E-state index in [1.165, 1.54) is 23.0 Å². The monoisotopic (exact) mass is 513 g/mol. The lowest BCUT2D eigenvalue weighted by molar-refractivity contribution is -0.138. The van der Waals surface area contributed by atoms with Gasteiger partial charge in [-0.3, -0.25) is 9.59 Å². The van der Waals surface area contributed by atoms with E-state index in [-0.39, 0.29) is 28.9 Å². The van der Waals surface area contributed by atoms with Crippen LogP contribution >= 0.6 is 0 Å². The molecule has 4 aromatic rings. The van der Waals surface area contributed by atoms with Crippen LogP contribution in [0, 0.1) is 17.1 Å². The van der Waals surface area contributed by atoms with Gasteiger partial charge in [0.05, 0.1) is 28.4 Å². The van der Waals surface area contributed by atoms with E-state index in [1.54, 1.807) is 24.3 Å². The number of aryl methyl sites for hydroxylation is 1. The summed E-state index contributed by atoms with van der Waals surface area (Å²) in [6, 6.07) is 5.62. The van der Waals surface area contributed by atoms with Crippen LogP contribution in [0.2, 0.25) is 0 Å². The second-order valence-electron chi connectivity index (χ2n) is 8.31. The number of rotatable bonds is 7. The van der Waals surface area contributed by atoms with Crippen LogP contribution in [0.25, 0.3) is 22.2 Å². The first-order valence-corrected chi connectivity index (χ1v) is 11.0. The number of H-pyrrole nitrogens is 1. The zero-order valence-corrected chi connectivity index (χ0v) is 19.3. The summed E-state index contributed by atoms with van der Waals surface area (Å²) in [5.41, 5.74) is -3.23. The molecule has 0 aliphatic carbocycles. The molecule has 0 aliphatic heterocycles. The Morgan fingerprint density at radius 3 is 2.59 bits per heavy atom. The van der Waals surface area contributed by atoms with Crippen LogP contribution in [-0.4, -0.2) is 30.8 Å². The molecular weight excluding hydrogens is 494 g/mol. The van der Waals surface area contributed by atoms with Crippen molar-refractivity contribution in [2.45, 2.75) is 38.5 Å². The van der Waals surface area contributed by atoms with Crippen molar-refractivity contribution in [3.05, 3.63) is 80.6 Å². The topological polar surface area (TPSA) is 129 Å². The van der Waals surface area contributed by atoms with Crippen molar-refractivity contribution >= 4 is 16.5 Å². The second kappa shape index (κ2) is 10.2. The molecule has 0 radical (unpaired) electrons.